The lowest BCUT2D eigenvalue weighted by atomic mass is 10.1. The number of benzene rings is 1. The fourth-order valence-electron chi connectivity index (χ4n) is 1.59. The van der Waals surface area contributed by atoms with Crippen molar-refractivity contribution < 1.29 is 31.9 Å². The summed E-state index contributed by atoms with van der Waals surface area (Å²) in [7, 11) is 1.15. The number of esters is 1. The summed E-state index contributed by atoms with van der Waals surface area (Å²) >= 11 is 0.801. The Hall–Kier alpha value is -2.69. The van der Waals surface area contributed by atoms with Crippen LogP contribution >= 0.6 is 11.8 Å². The van der Waals surface area contributed by atoms with Crippen LogP contribution in [0, 0.1) is 5.82 Å². The second-order valence-corrected chi connectivity index (χ2v) is 5.50. The van der Waals surface area contributed by atoms with Crippen molar-refractivity contribution in [2.75, 3.05) is 7.11 Å². The van der Waals surface area contributed by atoms with Gasteiger partial charge in [-0.3, -0.25) is 10.1 Å². The largest absolute Gasteiger partial charge is 0.466 e. The lowest BCUT2D eigenvalue weighted by molar-refractivity contribution is -0.138. The van der Waals surface area contributed by atoms with Gasteiger partial charge >= 0.3 is 12.1 Å². The fraction of sp³-hybridized carbons (Fsp3) is 0.143. The average Bonchev–Trinajstić information content (AvgIpc) is 2.87. The lowest BCUT2D eigenvalue weighted by Crippen LogP contribution is -2.19. The van der Waals surface area contributed by atoms with E-state index in [1.807, 2.05) is 0 Å². The minimum atomic E-state index is -4.65. The van der Waals surface area contributed by atoms with Gasteiger partial charge < -0.3 is 4.74 Å². The van der Waals surface area contributed by atoms with Crippen LogP contribution in [0.1, 0.15) is 11.1 Å². The average molecular weight is 375 g/mol. The molecule has 0 radical (unpaired) electrons. The number of hydrogen-bond acceptors (Lipinski definition) is 6. The zero-order valence-electron chi connectivity index (χ0n) is 12.4. The van der Waals surface area contributed by atoms with Crippen LogP contribution in [0.2, 0.25) is 0 Å². The molecule has 0 spiro atoms. The van der Waals surface area contributed by atoms with Crippen molar-refractivity contribution in [2.45, 2.75) is 6.18 Å². The normalized spacial score (nSPS) is 18.2. The molecule has 1 aromatic rings. The number of rotatable bonds is 3. The Bertz CT molecular complexity index is 803. The Morgan fingerprint density at radius 1 is 1.36 bits per heavy atom. The van der Waals surface area contributed by atoms with Crippen LogP contribution in [-0.4, -0.2) is 30.4 Å². The molecule has 25 heavy (non-hydrogen) atoms. The SMILES string of the molecule is COC(=O)/C=C1/S/C(=N\N=Cc2ccc(C(F)(F)F)cc2F)NC1=O. The lowest BCUT2D eigenvalue weighted by Gasteiger charge is -2.06. The fourth-order valence-corrected chi connectivity index (χ4v) is 2.33. The van der Waals surface area contributed by atoms with Gasteiger partial charge in [-0.1, -0.05) is 0 Å². The number of amides is 1. The number of methoxy groups -OCH3 is 1. The Kier molecular flexibility index (Phi) is 5.57. The number of nitrogens with one attached hydrogen (secondary N) is 1. The molecule has 1 amide bonds. The second-order valence-electron chi connectivity index (χ2n) is 4.47. The third kappa shape index (κ3) is 4.89. The summed E-state index contributed by atoms with van der Waals surface area (Å²) in [6, 6.07) is 1.96. The van der Waals surface area contributed by atoms with Gasteiger partial charge in [0.1, 0.15) is 5.82 Å². The molecule has 6 nitrogen and oxygen atoms in total. The Morgan fingerprint density at radius 3 is 2.68 bits per heavy atom. The van der Waals surface area contributed by atoms with Crippen LogP contribution in [-0.2, 0) is 20.5 Å². The summed E-state index contributed by atoms with van der Waals surface area (Å²) in [5, 5.41) is 9.43. The minimum Gasteiger partial charge on any atom is -0.466 e. The van der Waals surface area contributed by atoms with Gasteiger partial charge in [-0.25, -0.2) is 9.18 Å². The molecular formula is C14H9F4N3O3S. The summed E-state index contributed by atoms with van der Waals surface area (Å²) in [6.45, 7) is 0. The van der Waals surface area contributed by atoms with E-state index in [-0.39, 0.29) is 15.6 Å². The van der Waals surface area contributed by atoms with E-state index in [9.17, 15) is 27.2 Å². The highest BCUT2D eigenvalue weighted by Crippen LogP contribution is 2.30. The van der Waals surface area contributed by atoms with Crippen molar-refractivity contribution in [3.8, 4) is 0 Å². The number of nitrogens with zero attached hydrogens (tertiary/aromatic N) is 2. The molecule has 1 N–H and O–H groups in total. The van der Waals surface area contributed by atoms with Crippen LogP contribution < -0.4 is 5.32 Å². The van der Waals surface area contributed by atoms with Crippen LogP contribution in [0.3, 0.4) is 0 Å². The van der Waals surface area contributed by atoms with Crippen molar-refractivity contribution in [3.05, 3.63) is 46.1 Å². The van der Waals surface area contributed by atoms with E-state index in [1.54, 1.807) is 0 Å². The molecule has 0 atom stereocenters. The van der Waals surface area contributed by atoms with Crippen molar-refractivity contribution in [3.63, 3.8) is 0 Å². The van der Waals surface area contributed by atoms with E-state index in [0.717, 1.165) is 37.2 Å². The molecule has 0 unspecified atom stereocenters. The number of amidine groups is 1. The molecule has 1 aromatic carbocycles. The summed E-state index contributed by atoms with van der Waals surface area (Å²) < 4.78 is 55.3. The maximum Gasteiger partial charge on any atom is 0.416 e. The Labute approximate surface area is 142 Å². The van der Waals surface area contributed by atoms with E-state index in [1.165, 1.54) is 0 Å². The van der Waals surface area contributed by atoms with E-state index >= 15 is 0 Å². The first-order valence-corrected chi connectivity index (χ1v) is 7.29. The molecule has 0 aliphatic carbocycles. The summed E-state index contributed by atoms with van der Waals surface area (Å²) in [6.07, 6.45) is -2.79. The minimum absolute atomic E-state index is 0.0173. The molecule has 1 heterocycles. The smallest absolute Gasteiger partial charge is 0.416 e. The summed E-state index contributed by atoms with van der Waals surface area (Å²) in [4.78, 5) is 22.6. The van der Waals surface area contributed by atoms with Crippen molar-refractivity contribution in [1.29, 1.82) is 0 Å². The van der Waals surface area contributed by atoms with Crippen LogP contribution in [0.5, 0.6) is 0 Å². The van der Waals surface area contributed by atoms with Crippen molar-refractivity contribution in [1.82, 2.24) is 5.32 Å². The van der Waals surface area contributed by atoms with Crippen LogP contribution in [0.25, 0.3) is 0 Å². The molecule has 0 bridgehead atoms. The first kappa shape index (κ1) is 18.6. The molecule has 1 aliphatic rings. The first-order valence-electron chi connectivity index (χ1n) is 6.47. The number of carbonyl (C=O) groups excluding carboxylic acids is 2. The predicted octanol–water partition coefficient (Wildman–Crippen LogP) is 2.45. The van der Waals surface area contributed by atoms with E-state index in [0.29, 0.717) is 12.1 Å². The van der Waals surface area contributed by atoms with Gasteiger partial charge in [-0.2, -0.15) is 18.3 Å². The zero-order valence-corrected chi connectivity index (χ0v) is 13.2. The highest BCUT2D eigenvalue weighted by molar-refractivity contribution is 8.18. The zero-order chi connectivity index (χ0) is 18.6. The van der Waals surface area contributed by atoms with Crippen LogP contribution in [0.15, 0.2) is 39.4 Å². The maximum absolute atomic E-state index is 13.6. The standard InChI is InChI=1S/C14H9F4N3O3S/c1-24-11(22)5-10-12(23)20-13(25-10)21-19-6-7-2-3-8(4-9(7)15)14(16,17)18/h2-6H,1H3,(H,20,21,23)/b10-5+,19-6?. The van der Waals surface area contributed by atoms with E-state index < -0.39 is 29.4 Å². The van der Waals surface area contributed by atoms with Gasteiger partial charge in [-0.15, -0.1) is 5.10 Å². The van der Waals surface area contributed by atoms with Gasteiger partial charge in [0.25, 0.3) is 5.91 Å². The number of alkyl halides is 3. The summed E-state index contributed by atoms with van der Waals surface area (Å²) in [5.74, 6) is -2.44. The van der Waals surface area contributed by atoms with E-state index in [4.69, 9.17) is 0 Å². The van der Waals surface area contributed by atoms with Gasteiger partial charge in [-0.05, 0) is 30.0 Å². The van der Waals surface area contributed by atoms with Crippen LogP contribution in [0.4, 0.5) is 17.6 Å². The molecule has 1 saturated heterocycles. The Balaban J connectivity index is 2.11. The molecule has 1 fully saturated rings. The van der Waals surface area contributed by atoms with Gasteiger partial charge in [0.15, 0.2) is 5.17 Å². The molecule has 0 aromatic heterocycles. The van der Waals surface area contributed by atoms with Crippen molar-refractivity contribution in [2.24, 2.45) is 10.2 Å². The first-order chi connectivity index (χ1) is 11.7. The number of ether oxygens (including phenoxy) is 1. The number of thioether (sulfide) groups is 1. The number of halogens is 4. The highest BCUT2D eigenvalue weighted by atomic mass is 32.2. The van der Waals surface area contributed by atoms with Crippen molar-refractivity contribution >= 4 is 35.0 Å². The quantitative estimate of drug-likeness (QED) is 0.289. The van der Waals surface area contributed by atoms with Gasteiger partial charge in [0, 0.05) is 11.6 Å². The molecule has 0 saturated carbocycles. The van der Waals surface area contributed by atoms with Gasteiger partial charge in [0.2, 0.25) is 0 Å². The monoisotopic (exact) mass is 375 g/mol. The third-order valence-corrected chi connectivity index (χ3v) is 3.67. The second kappa shape index (κ2) is 7.47. The molecule has 11 heteroatoms. The number of carbonyl (C=O) groups is 2. The maximum atomic E-state index is 13.6. The summed E-state index contributed by atoms with van der Waals surface area (Å²) in [5.41, 5.74) is -1.33. The molecule has 2 rings (SSSR count). The molecular weight excluding hydrogens is 366 g/mol. The topological polar surface area (TPSA) is 80.1 Å². The van der Waals surface area contributed by atoms with Gasteiger partial charge in [0.05, 0.1) is 23.8 Å². The molecule has 132 valence electrons. The Morgan fingerprint density at radius 2 is 2.08 bits per heavy atom. The predicted molar refractivity (Wildman–Crippen MR) is 82.3 cm³/mol. The van der Waals surface area contributed by atoms with E-state index in [2.05, 4.69) is 20.3 Å². The highest BCUT2D eigenvalue weighted by Gasteiger charge is 2.31. The molecule has 1 aliphatic heterocycles. The number of hydrogen-bond donors (Lipinski definition) is 1. The third-order valence-electron chi connectivity index (χ3n) is 2.77.